The number of hydrogen-bond acceptors (Lipinski definition) is 3. The molecule has 2 aliphatic rings. The first-order valence-corrected chi connectivity index (χ1v) is 8.37. The maximum absolute atomic E-state index is 13.0. The van der Waals surface area contributed by atoms with Crippen LogP contribution < -0.4 is 10.2 Å². The minimum absolute atomic E-state index is 0. The molecule has 0 aromatic heterocycles. The van der Waals surface area contributed by atoms with Crippen LogP contribution in [0.1, 0.15) is 11.1 Å². The molecule has 2 aliphatic heterocycles. The van der Waals surface area contributed by atoms with Crippen molar-refractivity contribution in [3.8, 4) is 0 Å². The van der Waals surface area contributed by atoms with E-state index in [-0.39, 0.29) is 18.2 Å². The number of halogens is 2. The van der Waals surface area contributed by atoms with Crippen molar-refractivity contribution in [2.75, 3.05) is 42.9 Å². The highest BCUT2D eigenvalue weighted by Crippen LogP contribution is 2.28. The van der Waals surface area contributed by atoms with Crippen LogP contribution in [0.15, 0.2) is 42.5 Å². The summed E-state index contributed by atoms with van der Waals surface area (Å²) in [7, 11) is 0. The molecule has 0 bridgehead atoms. The predicted octanol–water partition coefficient (Wildman–Crippen LogP) is 3.54. The molecule has 2 aromatic rings. The summed E-state index contributed by atoms with van der Waals surface area (Å²) in [6.45, 7) is 6.14. The first kappa shape index (κ1) is 17.1. The summed E-state index contributed by atoms with van der Waals surface area (Å²) in [4.78, 5) is 4.85. The Hall–Kier alpha value is -1.78. The van der Waals surface area contributed by atoms with Gasteiger partial charge < -0.3 is 10.2 Å². The number of nitrogens with one attached hydrogen (secondary N) is 1. The SMILES string of the molecule is Cl.Fc1ccc(N2CCN(Cc3cccc4c3NCC4)CC2)cc1. The summed E-state index contributed by atoms with van der Waals surface area (Å²) < 4.78 is 13.0. The van der Waals surface area contributed by atoms with Gasteiger partial charge in [0.15, 0.2) is 0 Å². The third-order valence-corrected chi connectivity index (χ3v) is 4.89. The van der Waals surface area contributed by atoms with E-state index in [1.807, 2.05) is 12.1 Å². The van der Waals surface area contributed by atoms with E-state index in [9.17, 15) is 4.39 Å². The van der Waals surface area contributed by atoms with Gasteiger partial charge in [0.1, 0.15) is 5.82 Å². The second-order valence-electron chi connectivity index (χ2n) is 6.37. The number of anilines is 2. The van der Waals surface area contributed by atoms with E-state index in [1.54, 1.807) is 12.1 Å². The highest BCUT2D eigenvalue weighted by Gasteiger charge is 2.20. The molecule has 2 aromatic carbocycles. The lowest BCUT2D eigenvalue weighted by atomic mass is 10.1. The van der Waals surface area contributed by atoms with Gasteiger partial charge in [-0.15, -0.1) is 12.4 Å². The Labute approximate surface area is 148 Å². The van der Waals surface area contributed by atoms with Crippen LogP contribution >= 0.6 is 12.4 Å². The molecule has 1 N–H and O–H groups in total. The second-order valence-corrected chi connectivity index (χ2v) is 6.37. The molecule has 24 heavy (non-hydrogen) atoms. The summed E-state index contributed by atoms with van der Waals surface area (Å²) in [5.74, 6) is -0.169. The van der Waals surface area contributed by atoms with Gasteiger partial charge in [0, 0.05) is 50.6 Å². The number of rotatable bonds is 3. The number of para-hydroxylation sites is 1. The average Bonchev–Trinajstić information content (AvgIpc) is 3.06. The van der Waals surface area contributed by atoms with E-state index >= 15 is 0 Å². The van der Waals surface area contributed by atoms with Gasteiger partial charge in [0.2, 0.25) is 0 Å². The third kappa shape index (κ3) is 3.50. The zero-order chi connectivity index (χ0) is 15.6. The van der Waals surface area contributed by atoms with E-state index in [1.165, 1.54) is 16.8 Å². The van der Waals surface area contributed by atoms with Gasteiger partial charge in [-0.1, -0.05) is 18.2 Å². The molecule has 128 valence electrons. The molecular formula is C19H23ClFN3. The Balaban J connectivity index is 0.00000169. The van der Waals surface area contributed by atoms with Crippen molar-refractivity contribution in [1.82, 2.24) is 4.90 Å². The Morgan fingerprint density at radius 3 is 2.46 bits per heavy atom. The molecule has 1 saturated heterocycles. The minimum atomic E-state index is -0.169. The van der Waals surface area contributed by atoms with Gasteiger partial charge in [-0.05, 0) is 41.8 Å². The van der Waals surface area contributed by atoms with Gasteiger partial charge in [-0.25, -0.2) is 4.39 Å². The van der Waals surface area contributed by atoms with Crippen LogP contribution in [0.3, 0.4) is 0 Å². The van der Waals surface area contributed by atoms with E-state index in [2.05, 4.69) is 33.3 Å². The summed E-state index contributed by atoms with van der Waals surface area (Å²) in [5.41, 5.74) is 5.34. The van der Waals surface area contributed by atoms with Crippen molar-refractivity contribution in [3.05, 3.63) is 59.4 Å². The highest BCUT2D eigenvalue weighted by atomic mass is 35.5. The van der Waals surface area contributed by atoms with E-state index in [0.717, 1.165) is 51.4 Å². The number of piperazine rings is 1. The molecule has 0 saturated carbocycles. The molecule has 1 fully saturated rings. The van der Waals surface area contributed by atoms with Gasteiger partial charge in [-0.3, -0.25) is 4.90 Å². The quantitative estimate of drug-likeness (QED) is 0.916. The van der Waals surface area contributed by atoms with Crippen molar-refractivity contribution in [2.24, 2.45) is 0 Å². The van der Waals surface area contributed by atoms with Crippen molar-refractivity contribution < 1.29 is 4.39 Å². The first-order valence-electron chi connectivity index (χ1n) is 8.37. The highest BCUT2D eigenvalue weighted by molar-refractivity contribution is 5.85. The van der Waals surface area contributed by atoms with Crippen LogP contribution in [0.5, 0.6) is 0 Å². The fraction of sp³-hybridized carbons (Fsp3) is 0.368. The smallest absolute Gasteiger partial charge is 0.123 e. The molecule has 3 nitrogen and oxygen atoms in total. The number of nitrogens with zero attached hydrogens (tertiary/aromatic N) is 2. The Morgan fingerprint density at radius 2 is 1.71 bits per heavy atom. The Morgan fingerprint density at radius 1 is 0.958 bits per heavy atom. The topological polar surface area (TPSA) is 18.5 Å². The summed E-state index contributed by atoms with van der Waals surface area (Å²) >= 11 is 0. The predicted molar refractivity (Wildman–Crippen MR) is 99.8 cm³/mol. The number of hydrogen-bond donors (Lipinski definition) is 1. The van der Waals surface area contributed by atoms with Crippen LogP contribution in [0.25, 0.3) is 0 Å². The van der Waals surface area contributed by atoms with Gasteiger partial charge in [0.05, 0.1) is 0 Å². The van der Waals surface area contributed by atoms with Crippen molar-refractivity contribution in [1.29, 1.82) is 0 Å². The minimum Gasteiger partial charge on any atom is -0.384 e. The van der Waals surface area contributed by atoms with E-state index in [4.69, 9.17) is 0 Å². The molecule has 0 aliphatic carbocycles. The van der Waals surface area contributed by atoms with Crippen molar-refractivity contribution in [3.63, 3.8) is 0 Å². The molecule has 0 spiro atoms. The summed E-state index contributed by atoms with van der Waals surface area (Å²) in [5, 5.41) is 3.53. The zero-order valence-electron chi connectivity index (χ0n) is 13.7. The molecule has 5 heteroatoms. The van der Waals surface area contributed by atoms with E-state index in [0.29, 0.717) is 0 Å². The standard InChI is InChI=1S/C19H22FN3.ClH/c20-17-4-6-18(7-5-17)23-12-10-22(11-13-23)14-16-3-1-2-15-8-9-21-19(15)16;/h1-7,21H,8-14H2;1H. The molecule has 0 radical (unpaired) electrons. The van der Waals surface area contributed by atoms with Crippen LogP contribution in [0, 0.1) is 5.82 Å². The average molecular weight is 348 g/mol. The third-order valence-electron chi connectivity index (χ3n) is 4.89. The molecule has 4 rings (SSSR count). The fourth-order valence-electron chi connectivity index (χ4n) is 3.60. The lowest BCUT2D eigenvalue weighted by Crippen LogP contribution is -2.46. The number of benzene rings is 2. The Bertz CT molecular complexity index is 682. The van der Waals surface area contributed by atoms with Gasteiger partial charge in [0.25, 0.3) is 0 Å². The monoisotopic (exact) mass is 347 g/mol. The fourth-order valence-corrected chi connectivity index (χ4v) is 3.60. The molecule has 2 heterocycles. The largest absolute Gasteiger partial charge is 0.384 e. The number of fused-ring (bicyclic) bond motifs is 1. The van der Waals surface area contributed by atoms with E-state index < -0.39 is 0 Å². The second kappa shape index (κ2) is 7.41. The normalized spacial score (nSPS) is 17.1. The zero-order valence-corrected chi connectivity index (χ0v) is 14.5. The lowest BCUT2D eigenvalue weighted by molar-refractivity contribution is 0.250. The van der Waals surface area contributed by atoms with Crippen LogP contribution in [-0.2, 0) is 13.0 Å². The maximum Gasteiger partial charge on any atom is 0.123 e. The Kier molecular flexibility index (Phi) is 5.27. The summed E-state index contributed by atoms with van der Waals surface area (Å²) in [6, 6.07) is 13.5. The molecule has 0 atom stereocenters. The van der Waals surface area contributed by atoms with Gasteiger partial charge >= 0.3 is 0 Å². The summed E-state index contributed by atoms with van der Waals surface area (Å²) in [6.07, 6.45) is 1.14. The molecular weight excluding hydrogens is 325 g/mol. The maximum atomic E-state index is 13.0. The van der Waals surface area contributed by atoms with Crippen molar-refractivity contribution in [2.45, 2.75) is 13.0 Å². The first-order chi connectivity index (χ1) is 11.3. The van der Waals surface area contributed by atoms with Crippen LogP contribution in [0.2, 0.25) is 0 Å². The van der Waals surface area contributed by atoms with Crippen LogP contribution in [-0.4, -0.2) is 37.6 Å². The van der Waals surface area contributed by atoms with Crippen LogP contribution in [0.4, 0.5) is 15.8 Å². The van der Waals surface area contributed by atoms with Gasteiger partial charge in [-0.2, -0.15) is 0 Å². The molecule has 0 amide bonds. The lowest BCUT2D eigenvalue weighted by Gasteiger charge is -2.36. The van der Waals surface area contributed by atoms with Crippen molar-refractivity contribution >= 4 is 23.8 Å². The molecule has 0 unspecified atom stereocenters.